The Morgan fingerprint density at radius 1 is 1.22 bits per heavy atom. The number of anilines is 1. The Morgan fingerprint density at radius 3 is 2.64 bits per heavy atom. The fraction of sp³-hybridized carbons (Fsp3) is 0.462. The van der Waals surface area contributed by atoms with E-state index in [9.17, 15) is 14.3 Å². The Hall–Kier alpha value is -3.04. The molecule has 0 amide bonds. The van der Waals surface area contributed by atoms with Crippen molar-refractivity contribution in [3.63, 3.8) is 0 Å². The predicted octanol–water partition coefficient (Wildman–Crippen LogP) is 5.52. The molecule has 1 aliphatic carbocycles. The number of hydrogen-bond acceptors (Lipinski definition) is 7. The van der Waals surface area contributed by atoms with Crippen LogP contribution in [0.25, 0.3) is 11.3 Å². The van der Waals surface area contributed by atoms with Gasteiger partial charge < -0.3 is 19.3 Å². The SMILES string of the molecule is Cc1cc(C(=O)O)nc(N2C3CCC2CC(OCc2c(-c4c(F)cccc4Cl)noc2C2CC2)C3)n1. The van der Waals surface area contributed by atoms with Crippen LogP contribution in [0.3, 0.4) is 0 Å². The Labute approximate surface area is 212 Å². The number of nitrogens with zero attached hydrogens (tertiary/aromatic N) is 4. The lowest BCUT2D eigenvalue weighted by molar-refractivity contribution is 0.0144. The summed E-state index contributed by atoms with van der Waals surface area (Å²) in [4.78, 5) is 22.5. The molecule has 0 spiro atoms. The number of fused-ring (bicyclic) bond motifs is 2. The van der Waals surface area contributed by atoms with Crippen LogP contribution >= 0.6 is 11.6 Å². The van der Waals surface area contributed by atoms with Gasteiger partial charge in [0, 0.05) is 29.3 Å². The van der Waals surface area contributed by atoms with E-state index in [-0.39, 0.29) is 47.0 Å². The largest absolute Gasteiger partial charge is 0.477 e. The first-order valence-electron chi connectivity index (χ1n) is 12.3. The molecule has 3 aromatic rings. The highest BCUT2D eigenvalue weighted by Crippen LogP contribution is 2.46. The Kier molecular flexibility index (Phi) is 5.92. The number of aromatic carboxylic acids is 1. The summed E-state index contributed by atoms with van der Waals surface area (Å²) in [5.41, 5.74) is 2.07. The summed E-state index contributed by atoms with van der Waals surface area (Å²) in [6.45, 7) is 2.05. The summed E-state index contributed by atoms with van der Waals surface area (Å²) in [7, 11) is 0. The highest BCUT2D eigenvalue weighted by molar-refractivity contribution is 6.33. The number of aromatic nitrogens is 3. The van der Waals surface area contributed by atoms with Crippen LogP contribution in [0.4, 0.5) is 10.3 Å². The molecule has 6 rings (SSSR count). The van der Waals surface area contributed by atoms with Crippen LogP contribution in [-0.4, -0.2) is 44.4 Å². The molecule has 1 N–H and O–H groups in total. The molecule has 2 atom stereocenters. The smallest absolute Gasteiger partial charge is 0.354 e. The first-order valence-corrected chi connectivity index (χ1v) is 12.7. The molecule has 188 valence electrons. The second-order valence-corrected chi connectivity index (χ2v) is 10.3. The first kappa shape index (κ1) is 23.4. The summed E-state index contributed by atoms with van der Waals surface area (Å²) in [5.74, 6) is 0.0298. The third-order valence-electron chi connectivity index (χ3n) is 7.41. The van der Waals surface area contributed by atoms with Gasteiger partial charge >= 0.3 is 5.97 Å². The van der Waals surface area contributed by atoms with Crippen molar-refractivity contribution in [1.82, 2.24) is 15.1 Å². The molecular formula is C26H26ClFN4O4. The maximum Gasteiger partial charge on any atom is 0.354 e. The third-order valence-corrected chi connectivity index (χ3v) is 7.73. The quantitative estimate of drug-likeness (QED) is 0.441. The summed E-state index contributed by atoms with van der Waals surface area (Å²) in [6, 6.07) is 6.41. The zero-order chi connectivity index (χ0) is 25.0. The summed E-state index contributed by atoms with van der Waals surface area (Å²) >= 11 is 6.34. The molecule has 3 aliphatic rings. The lowest BCUT2D eigenvalue weighted by Gasteiger charge is -2.39. The average molecular weight is 513 g/mol. The number of hydrogen-bond donors (Lipinski definition) is 1. The van der Waals surface area contributed by atoms with Crippen LogP contribution < -0.4 is 4.90 Å². The highest BCUT2D eigenvalue weighted by Gasteiger charge is 2.43. The number of carboxylic acids is 1. The number of rotatable bonds is 7. The molecule has 1 saturated carbocycles. The van der Waals surface area contributed by atoms with Crippen molar-refractivity contribution in [3.8, 4) is 11.3 Å². The fourth-order valence-electron chi connectivity index (χ4n) is 5.62. The van der Waals surface area contributed by atoms with E-state index in [1.54, 1.807) is 19.1 Å². The molecule has 8 nitrogen and oxygen atoms in total. The van der Waals surface area contributed by atoms with Crippen molar-refractivity contribution in [1.29, 1.82) is 0 Å². The van der Waals surface area contributed by atoms with Crippen LogP contribution in [0, 0.1) is 12.7 Å². The normalized spacial score (nSPS) is 23.3. The molecule has 2 aliphatic heterocycles. The Morgan fingerprint density at radius 2 is 1.97 bits per heavy atom. The number of piperidine rings is 1. The minimum Gasteiger partial charge on any atom is -0.477 e. The monoisotopic (exact) mass is 512 g/mol. The fourth-order valence-corrected chi connectivity index (χ4v) is 5.87. The number of benzene rings is 1. The van der Waals surface area contributed by atoms with Gasteiger partial charge in [-0.15, -0.1) is 0 Å². The minimum atomic E-state index is -1.06. The molecule has 10 heteroatoms. The van der Waals surface area contributed by atoms with Gasteiger partial charge in [-0.25, -0.2) is 19.2 Å². The second kappa shape index (κ2) is 9.12. The zero-order valence-electron chi connectivity index (χ0n) is 19.8. The van der Waals surface area contributed by atoms with Gasteiger partial charge in [-0.2, -0.15) is 0 Å². The first-order chi connectivity index (χ1) is 17.4. The lowest BCUT2D eigenvalue weighted by Crippen LogP contribution is -2.46. The van der Waals surface area contributed by atoms with Crippen LogP contribution in [0.1, 0.15) is 71.9 Å². The van der Waals surface area contributed by atoms with E-state index in [2.05, 4.69) is 20.0 Å². The number of carbonyl (C=O) groups is 1. The number of halogens is 2. The Balaban J connectivity index is 1.21. The van der Waals surface area contributed by atoms with Crippen LogP contribution in [0.5, 0.6) is 0 Å². The van der Waals surface area contributed by atoms with Gasteiger partial charge in [0.15, 0.2) is 5.69 Å². The van der Waals surface area contributed by atoms with Gasteiger partial charge in [-0.3, -0.25) is 0 Å². The van der Waals surface area contributed by atoms with E-state index >= 15 is 0 Å². The molecule has 2 bridgehead atoms. The third kappa shape index (κ3) is 4.24. The van der Waals surface area contributed by atoms with Crippen LogP contribution in [0.15, 0.2) is 28.8 Å². The molecule has 2 saturated heterocycles. The van der Waals surface area contributed by atoms with Gasteiger partial charge in [0.25, 0.3) is 0 Å². The lowest BCUT2D eigenvalue weighted by atomic mass is 9.99. The van der Waals surface area contributed by atoms with Crippen molar-refractivity contribution in [3.05, 3.63) is 57.8 Å². The molecule has 2 aromatic heterocycles. The van der Waals surface area contributed by atoms with Gasteiger partial charge in [-0.05, 0) is 63.6 Å². The summed E-state index contributed by atoms with van der Waals surface area (Å²) in [5, 5.41) is 13.9. The van der Waals surface area contributed by atoms with Crippen molar-refractivity contribution >= 4 is 23.5 Å². The zero-order valence-corrected chi connectivity index (χ0v) is 20.5. The van der Waals surface area contributed by atoms with Crippen LogP contribution in [-0.2, 0) is 11.3 Å². The molecular weight excluding hydrogens is 487 g/mol. The van der Waals surface area contributed by atoms with Crippen LogP contribution in [0.2, 0.25) is 5.02 Å². The van der Waals surface area contributed by atoms with Crippen molar-refractivity contribution in [2.24, 2.45) is 0 Å². The average Bonchev–Trinajstić information content (AvgIpc) is 3.54. The number of ether oxygens (including phenoxy) is 1. The second-order valence-electron chi connectivity index (χ2n) is 9.94. The maximum atomic E-state index is 14.7. The Bertz CT molecular complexity index is 1290. The predicted molar refractivity (Wildman–Crippen MR) is 130 cm³/mol. The van der Waals surface area contributed by atoms with E-state index in [0.717, 1.165) is 49.8 Å². The van der Waals surface area contributed by atoms with Crippen molar-refractivity contribution < 1.29 is 23.6 Å². The molecule has 2 unspecified atom stereocenters. The van der Waals surface area contributed by atoms with Gasteiger partial charge in [0.05, 0.1) is 23.3 Å². The molecule has 1 aromatic carbocycles. The van der Waals surface area contributed by atoms with E-state index < -0.39 is 11.8 Å². The number of carboxylic acid groups (broad SMARTS) is 1. The van der Waals surface area contributed by atoms with E-state index in [1.165, 1.54) is 12.1 Å². The van der Waals surface area contributed by atoms with E-state index in [1.807, 2.05) is 0 Å². The van der Waals surface area contributed by atoms with Crippen molar-refractivity contribution in [2.45, 2.75) is 76.2 Å². The summed E-state index contributed by atoms with van der Waals surface area (Å²) in [6.07, 6.45) is 5.52. The molecule has 0 radical (unpaired) electrons. The highest BCUT2D eigenvalue weighted by atomic mass is 35.5. The van der Waals surface area contributed by atoms with Gasteiger partial charge in [-0.1, -0.05) is 22.8 Å². The molecule has 4 heterocycles. The van der Waals surface area contributed by atoms with E-state index in [0.29, 0.717) is 17.3 Å². The maximum absolute atomic E-state index is 14.7. The molecule has 36 heavy (non-hydrogen) atoms. The molecule has 3 fully saturated rings. The van der Waals surface area contributed by atoms with Gasteiger partial charge in [0.2, 0.25) is 5.95 Å². The van der Waals surface area contributed by atoms with E-state index in [4.69, 9.17) is 20.9 Å². The van der Waals surface area contributed by atoms with Gasteiger partial charge in [0.1, 0.15) is 17.3 Å². The minimum absolute atomic E-state index is 0.00611. The van der Waals surface area contributed by atoms with Crippen molar-refractivity contribution in [2.75, 3.05) is 4.90 Å². The summed E-state index contributed by atoms with van der Waals surface area (Å²) < 4.78 is 26.8. The number of aryl methyl sites for hydroxylation is 1. The standard InChI is InChI=1S/C26H26ClFN4O4/c1-13-9-21(25(33)34)30-26(29-13)32-15-7-8-16(32)11-17(10-15)35-12-18-23(31-36-24(18)14-5-6-14)22-19(27)3-2-4-20(22)28/h2-4,9,14-17H,5-8,10-12H2,1H3,(H,33,34). The topological polar surface area (TPSA) is 102 Å².